The van der Waals surface area contributed by atoms with Crippen LogP contribution in [0.3, 0.4) is 0 Å². The van der Waals surface area contributed by atoms with Crippen molar-refractivity contribution >= 4 is 45.6 Å². The lowest BCUT2D eigenvalue weighted by Gasteiger charge is -2.26. The van der Waals surface area contributed by atoms with E-state index in [4.69, 9.17) is 16.2 Å². The number of nitrogens with one attached hydrogen (secondary N) is 1. The molecule has 1 unspecified atom stereocenters. The number of rotatable bonds is 10. The zero-order valence-electron chi connectivity index (χ0n) is 18.6. The third-order valence-electron chi connectivity index (χ3n) is 4.96. The number of ketones is 1. The maximum absolute atomic E-state index is 13.4. The van der Waals surface area contributed by atoms with Crippen molar-refractivity contribution in [2.75, 3.05) is 30.9 Å². The zero-order valence-corrected chi connectivity index (χ0v) is 19.4. The Morgan fingerprint density at radius 2 is 1.74 bits per heavy atom. The molecule has 2 amide bonds. The number of ether oxygens (including phenoxy) is 1. The fourth-order valence-corrected chi connectivity index (χ4v) is 4.14. The number of aromatic nitrogens is 1. The molecule has 178 valence electrons. The van der Waals surface area contributed by atoms with Gasteiger partial charge in [-0.1, -0.05) is 23.5 Å². The topological polar surface area (TPSA) is 141 Å². The molecular formula is C23H24FN5O4S. The Hall–Kier alpha value is -3.83. The molecule has 34 heavy (non-hydrogen) atoms. The van der Waals surface area contributed by atoms with Gasteiger partial charge in [-0.05, 0) is 43.3 Å². The Balaban J connectivity index is 1.87. The number of nitrogen functional groups attached to an aromatic ring is 1. The Kier molecular flexibility index (Phi) is 7.92. The summed E-state index contributed by atoms with van der Waals surface area (Å²) in [5, 5.41) is 2.96. The molecule has 0 aliphatic carbocycles. The van der Waals surface area contributed by atoms with E-state index in [0.717, 1.165) is 11.3 Å². The number of hydrogen-bond donors (Lipinski definition) is 3. The van der Waals surface area contributed by atoms with E-state index in [2.05, 4.69) is 10.3 Å². The van der Waals surface area contributed by atoms with E-state index in [0.29, 0.717) is 30.0 Å². The standard InChI is InChI=1S/C23H24FN5O4S/c1-13(21(26)31)29(17-9-7-16(24)8-10-17)23-28-20(25)19(34-23)18(30)14-3-5-15(6-4-14)22(32)27-11-12-33-2/h3-10,13H,11-12,25H2,1-2H3,(H2,26,31)(H,27,32). The summed E-state index contributed by atoms with van der Waals surface area (Å²) in [6, 6.07) is 10.7. The van der Waals surface area contributed by atoms with Crippen LogP contribution in [0.4, 0.5) is 21.0 Å². The molecule has 3 aromatic rings. The number of benzene rings is 2. The van der Waals surface area contributed by atoms with Gasteiger partial charge in [0.15, 0.2) is 5.13 Å². The van der Waals surface area contributed by atoms with Gasteiger partial charge in [0.05, 0.1) is 6.61 Å². The number of anilines is 3. The number of hydrogen-bond acceptors (Lipinski definition) is 8. The van der Waals surface area contributed by atoms with Gasteiger partial charge in [-0.25, -0.2) is 9.37 Å². The molecular weight excluding hydrogens is 461 g/mol. The lowest BCUT2D eigenvalue weighted by atomic mass is 10.1. The average Bonchev–Trinajstić information content (AvgIpc) is 3.21. The molecule has 0 radical (unpaired) electrons. The number of halogens is 1. The molecule has 0 saturated heterocycles. The minimum Gasteiger partial charge on any atom is -0.383 e. The Morgan fingerprint density at radius 3 is 2.32 bits per heavy atom. The van der Waals surface area contributed by atoms with E-state index in [1.165, 1.54) is 60.5 Å². The van der Waals surface area contributed by atoms with Crippen LogP contribution in [0.5, 0.6) is 0 Å². The highest BCUT2D eigenvalue weighted by atomic mass is 32.1. The quantitative estimate of drug-likeness (QED) is 0.296. The first-order chi connectivity index (χ1) is 16.2. The second kappa shape index (κ2) is 10.9. The highest BCUT2D eigenvalue weighted by molar-refractivity contribution is 7.18. The number of methoxy groups -OCH3 is 1. The summed E-state index contributed by atoms with van der Waals surface area (Å²) < 4.78 is 18.3. The fraction of sp³-hybridized carbons (Fsp3) is 0.217. The van der Waals surface area contributed by atoms with Crippen molar-refractivity contribution in [3.05, 3.63) is 70.4 Å². The first-order valence-corrected chi connectivity index (χ1v) is 11.1. The van der Waals surface area contributed by atoms with E-state index in [9.17, 15) is 18.8 Å². The normalized spacial score (nSPS) is 11.6. The number of carbonyl (C=O) groups is 3. The highest BCUT2D eigenvalue weighted by Gasteiger charge is 2.27. The van der Waals surface area contributed by atoms with Crippen LogP contribution in [0.1, 0.15) is 32.5 Å². The summed E-state index contributed by atoms with van der Waals surface area (Å²) in [6.07, 6.45) is 0. The van der Waals surface area contributed by atoms with Crippen LogP contribution in [-0.4, -0.2) is 48.9 Å². The summed E-state index contributed by atoms with van der Waals surface area (Å²) in [7, 11) is 1.54. The number of amides is 2. The third-order valence-corrected chi connectivity index (χ3v) is 6.03. The Morgan fingerprint density at radius 1 is 1.12 bits per heavy atom. The summed E-state index contributed by atoms with van der Waals surface area (Å²) >= 11 is 0.985. The van der Waals surface area contributed by atoms with Gasteiger partial charge in [-0.3, -0.25) is 14.4 Å². The van der Waals surface area contributed by atoms with E-state index in [1.54, 1.807) is 6.92 Å². The summed E-state index contributed by atoms with van der Waals surface area (Å²) in [5.41, 5.74) is 12.7. The van der Waals surface area contributed by atoms with Crippen LogP contribution < -0.4 is 21.7 Å². The lowest BCUT2D eigenvalue weighted by Crippen LogP contribution is -2.39. The van der Waals surface area contributed by atoms with Gasteiger partial charge in [0.25, 0.3) is 5.91 Å². The number of nitrogens with two attached hydrogens (primary N) is 2. The largest absolute Gasteiger partial charge is 0.383 e. The van der Waals surface area contributed by atoms with Gasteiger partial charge in [-0.15, -0.1) is 0 Å². The van der Waals surface area contributed by atoms with Crippen molar-refractivity contribution in [1.82, 2.24) is 10.3 Å². The molecule has 1 atom stereocenters. The van der Waals surface area contributed by atoms with Crippen molar-refractivity contribution < 1.29 is 23.5 Å². The predicted molar refractivity (Wildman–Crippen MR) is 128 cm³/mol. The van der Waals surface area contributed by atoms with Crippen LogP contribution in [0.2, 0.25) is 0 Å². The Labute approximate surface area is 199 Å². The molecule has 2 aromatic carbocycles. The van der Waals surface area contributed by atoms with Gasteiger partial charge in [0.1, 0.15) is 22.6 Å². The molecule has 9 nitrogen and oxygen atoms in total. The fourth-order valence-electron chi connectivity index (χ4n) is 3.09. The number of thiazole rings is 1. The minimum absolute atomic E-state index is 0.0184. The molecule has 0 aliphatic heterocycles. The van der Waals surface area contributed by atoms with Gasteiger partial charge < -0.3 is 26.4 Å². The highest BCUT2D eigenvalue weighted by Crippen LogP contribution is 2.36. The van der Waals surface area contributed by atoms with Crippen LogP contribution in [0, 0.1) is 5.82 Å². The van der Waals surface area contributed by atoms with Crippen LogP contribution in [-0.2, 0) is 9.53 Å². The maximum atomic E-state index is 13.4. The van der Waals surface area contributed by atoms with E-state index in [-0.39, 0.29) is 21.7 Å². The molecule has 0 bridgehead atoms. The number of carbonyl (C=O) groups excluding carboxylic acids is 3. The molecule has 5 N–H and O–H groups in total. The van der Waals surface area contributed by atoms with Crippen molar-refractivity contribution in [2.24, 2.45) is 5.73 Å². The molecule has 11 heteroatoms. The van der Waals surface area contributed by atoms with Gasteiger partial charge in [0, 0.05) is 30.5 Å². The second-order valence-corrected chi connectivity index (χ2v) is 8.27. The molecule has 0 saturated carbocycles. The first-order valence-electron chi connectivity index (χ1n) is 10.2. The Bertz CT molecular complexity index is 1180. The summed E-state index contributed by atoms with van der Waals surface area (Å²) in [5.74, 6) is -1.77. The zero-order chi connectivity index (χ0) is 24.8. The molecule has 0 fully saturated rings. The third kappa shape index (κ3) is 5.56. The second-order valence-electron chi connectivity index (χ2n) is 7.29. The van der Waals surface area contributed by atoms with Gasteiger partial charge in [-0.2, -0.15) is 0 Å². The number of nitrogens with zero attached hydrogens (tertiary/aromatic N) is 2. The van der Waals surface area contributed by atoms with Crippen molar-refractivity contribution in [3.63, 3.8) is 0 Å². The van der Waals surface area contributed by atoms with Crippen molar-refractivity contribution in [1.29, 1.82) is 0 Å². The van der Waals surface area contributed by atoms with Crippen LogP contribution in [0.25, 0.3) is 0 Å². The van der Waals surface area contributed by atoms with E-state index in [1.807, 2.05) is 0 Å². The molecule has 0 aliphatic rings. The molecule has 1 aromatic heterocycles. The lowest BCUT2D eigenvalue weighted by molar-refractivity contribution is -0.118. The predicted octanol–water partition coefficient (Wildman–Crippen LogP) is 2.48. The van der Waals surface area contributed by atoms with Gasteiger partial charge >= 0.3 is 0 Å². The first kappa shape index (κ1) is 24.8. The van der Waals surface area contributed by atoms with Crippen LogP contribution in [0.15, 0.2) is 48.5 Å². The van der Waals surface area contributed by atoms with E-state index < -0.39 is 23.5 Å². The summed E-state index contributed by atoms with van der Waals surface area (Å²) in [4.78, 5) is 43.1. The van der Waals surface area contributed by atoms with Crippen LogP contribution >= 0.6 is 11.3 Å². The molecule has 1 heterocycles. The smallest absolute Gasteiger partial charge is 0.251 e. The minimum atomic E-state index is -0.838. The van der Waals surface area contributed by atoms with Gasteiger partial charge in [0.2, 0.25) is 11.7 Å². The average molecular weight is 486 g/mol. The van der Waals surface area contributed by atoms with Crippen molar-refractivity contribution in [2.45, 2.75) is 13.0 Å². The molecule has 0 spiro atoms. The molecule has 3 rings (SSSR count). The number of primary amides is 1. The van der Waals surface area contributed by atoms with E-state index >= 15 is 0 Å². The monoisotopic (exact) mass is 485 g/mol. The van der Waals surface area contributed by atoms with Crippen molar-refractivity contribution in [3.8, 4) is 0 Å². The summed E-state index contributed by atoms with van der Waals surface area (Å²) in [6.45, 7) is 2.32. The maximum Gasteiger partial charge on any atom is 0.251 e. The SMILES string of the molecule is COCCNC(=O)c1ccc(C(=O)c2sc(N(c3ccc(F)cc3)C(C)C(N)=O)nc2N)cc1.